The van der Waals surface area contributed by atoms with Gasteiger partial charge in [-0.2, -0.15) is 5.10 Å². The second-order valence-corrected chi connectivity index (χ2v) is 9.25. The predicted octanol–water partition coefficient (Wildman–Crippen LogP) is 2.52. The topological polar surface area (TPSA) is 61.7 Å². The van der Waals surface area contributed by atoms with E-state index in [-0.39, 0.29) is 23.5 Å². The maximum absolute atomic E-state index is 13.6. The minimum atomic E-state index is -0.414. The van der Waals surface area contributed by atoms with Gasteiger partial charge in [0, 0.05) is 69.7 Å². The third kappa shape index (κ3) is 3.98. The Kier molecular flexibility index (Phi) is 5.61. The molecule has 0 unspecified atom stereocenters. The summed E-state index contributed by atoms with van der Waals surface area (Å²) < 4.78 is 15.0. The largest absolute Gasteiger partial charge is 0.368 e. The summed E-state index contributed by atoms with van der Waals surface area (Å²) in [6.07, 6.45) is 6.08. The van der Waals surface area contributed by atoms with Crippen LogP contribution in [0.4, 0.5) is 10.1 Å². The van der Waals surface area contributed by atoms with Crippen molar-refractivity contribution in [3.8, 4) is 0 Å². The van der Waals surface area contributed by atoms with Crippen LogP contribution in [0.25, 0.3) is 0 Å². The minimum absolute atomic E-state index is 0.0487. The van der Waals surface area contributed by atoms with Crippen LogP contribution in [-0.4, -0.2) is 64.1 Å². The zero-order valence-electron chi connectivity index (χ0n) is 18.5. The molecule has 2 aromatic rings. The second-order valence-electron chi connectivity index (χ2n) is 9.25. The number of halogens is 1. The first kappa shape index (κ1) is 21.0. The molecule has 32 heavy (non-hydrogen) atoms. The Morgan fingerprint density at radius 3 is 2.34 bits per heavy atom. The maximum atomic E-state index is 13.6. The number of nitrogens with zero attached hydrogens (tertiary/aromatic N) is 5. The van der Waals surface area contributed by atoms with Crippen molar-refractivity contribution >= 4 is 17.5 Å². The molecule has 1 saturated heterocycles. The van der Waals surface area contributed by atoms with E-state index in [1.807, 2.05) is 23.0 Å². The summed E-state index contributed by atoms with van der Waals surface area (Å²) in [4.78, 5) is 32.7. The fourth-order valence-electron chi connectivity index (χ4n) is 5.40. The standard InChI is InChI=1S/C24H30FN5O2/c1-27-14-18-15-30(23(31)17-4-2-3-5-17)16-21(22(18)26-27)24(32)29-12-10-28(11-13-29)20-8-6-19(25)7-9-20/h6-9,14,17,21H,2-5,10-13,15-16H2,1H3/t21-/m0/s1. The van der Waals surface area contributed by atoms with Crippen molar-refractivity contribution in [2.45, 2.75) is 38.1 Å². The highest BCUT2D eigenvalue weighted by atomic mass is 19.1. The normalized spacial score (nSPS) is 21.7. The predicted molar refractivity (Wildman–Crippen MR) is 119 cm³/mol. The SMILES string of the molecule is Cn1cc2c(n1)[C@@H](C(=O)N1CCN(c3ccc(F)cc3)CC1)CN(C(=O)C1CCCC1)C2. The van der Waals surface area contributed by atoms with E-state index in [0.29, 0.717) is 39.3 Å². The first-order valence-corrected chi connectivity index (χ1v) is 11.6. The van der Waals surface area contributed by atoms with E-state index in [1.165, 1.54) is 12.1 Å². The molecule has 2 fully saturated rings. The average Bonchev–Trinajstić information content (AvgIpc) is 3.47. The highest BCUT2D eigenvalue weighted by Gasteiger charge is 2.39. The van der Waals surface area contributed by atoms with Crippen LogP contribution in [0.3, 0.4) is 0 Å². The van der Waals surface area contributed by atoms with Gasteiger partial charge < -0.3 is 14.7 Å². The average molecular weight is 440 g/mol. The van der Waals surface area contributed by atoms with Gasteiger partial charge in [-0.3, -0.25) is 14.3 Å². The molecule has 1 aromatic carbocycles. The Labute approximate surface area is 187 Å². The molecule has 1 aliphatic carbocycles. The molecular formula is C24H30FN5O2. The van der Waals surface area contributed by atoms with Crippen LogP contribution in [0.15, 0.2) is 30.5 Å². The molecule has 0 bridgehead atoms. The van der Waals surface area contributed by atoms with Gasteiger partial charge in [0.15, 0.2) is 0 Å². The van der Waals surface area contributed by atoms with Gasteiger partial charge in [0.05, 0.1) is 5.69 Å². The van der Waals surface area contributed by atoms with Gasteiger partial charge in [-0.05, 0) is 37.1 Å². The molecule has 3 aliphatic rings. The van der Waals surface area contributed by atoms with E-state index >= 15 is 0 Å². The molecular weight excluding hydrogens is 409 g/mol. The molecule has 8 heteroatoms. The third-order valence-corrected chi connectivity index (χ3v) is 7.13. The monoisotopic (exact) mass is 439 g/mol. The molecule has 7 nitrogen and oxygen atoms in total. The van der Waals surface area contributed by atoms with Crippen LogP contribution >= 0.6 is 0 Å². The zero-order chi connectivity index (χ0) is 22.2. The Morgan fingerprint density at radius 1 is 0.969 bits per heavy atom. The van der Waals surface area contributed by atoms with E-state index < -0.39 is 5.92 Å². The number of rotatable bonds is 3. The Balaban J connectivity index is 1.30. The van der Waals surface area contributed by atoms with Crippen LogP contribution in [0, 0.1) is 11.7 Å². The smallest absolute Gasteiger partial charge is 0.233 e. The van der Waals surface area contributed by atoms with Crippen LogP contribution in [-0.2, 0) is 23.2 Å². The van der Waals surface area contributed by atoms with E-state index in [0.717, 1.165) is 42.6 Å². The number of anilines is 1. The minimum Gasteiger partial charge on any atom is -0.368 e. The van der Waals surface area contributed by atoms with Crippen molar-refractivity contribution in [3.63, 3.8) is 0 Å². The number of piperazine rings is 1. The zero-order valence-corrected chi connectivity index (χ0v) is 18.5. The lowest BCUT2D eigenvalue weighted by atomic mass is 9.93. The molecule has 2 aliphatic heterocycles. The van der Waals surface area contributed by atoms with Crippen molar-refractivity contribution in [2.24, 2.45) is 13.0 Å². The molecule has 5 rings (SSSR count). The highest BCUT2D eigenvalue weighted by molar-refractivity contribution is 5.86. The van der Waals surface area contributed by atoms with Crippen LogP contribution < -0.4 is 4.90 Å². The van der Waals surface area contributed by atoms with Crippen molar-refractivity contribution in [1.82, 2.24) is 19.6 Å². The first-order chi connectivity index (χ1) is 15.5. The molecule has 0 spiro atoms. The summed E-state index contributed by atoms with van der Waals surface area (Å²) in [5.41, 5.74) is 2.76. The van der Waals surface area contributed by atoms with Gasteiger partial charge in [0.25, 0.3) is 0 Å². The Bertz CT molecular complexity index is 990. The number of carbonyl (C=O) groups excluding carboxylic acids is 2. The van der Waals surface area contributed by atoms with Crippen LogP contribution in [0.2, 0.25) is 0 Å². The van der Waals surface area contributed by atoms with Gasteiger partial charge >= 0.3 is 0 Å². The number of hydrogen-bond acceptors (Lipinski definition) is 4. The van der Waals surface area contributed by atoms with E-state index in [9.17, 15) is 14.0 Å². The highest BCUT2D eigenvalue weighted by Crippen LogP contribution is 2.33. The summed E-state index contributed by atoms with van der Waals surface area (Å²) in [7, 11) is 1.87. The number of aryl methyl sites for hydroxylation is 1. The van der Waals surface area contributed by atoms with E-state index in [4.69, 9.17) is 0 Å². The molecule has 2 amide bonds. The van der Waals surface area contributed by atoms with Crippen LogP contribution in [0.5, 0.6) is 0 Å². The summed E-state index contributed by atoms with van der Waals surface area (Å²) in [6, 6.07) is 6.49. The number of benzene rings is 1. The summed E-state index contributed by atoms with van der Waals surface area (Å²) >= 11 is 0. The lowest BCUT2D eigenvalue weighted by Gasteiger charge is -2.39. The maximum Gasteiger partial charge on any atom is 0.233 e. The van der Waals surface area contributed by atoms with Crippen molar-refractivity contribution in [2.75, 3.05) is 37.6 Å². The van der Waals surface area contributed by atoms with E-state index in [1.54, 1.807) is 16.8 Å². The Morgan fingerprint density at radius 2 is 1.66 bits per heavy atom. The fraction of sp³-hybridized carbons (Fsp3) is 0.542. The van der Waals surface area contributed by atoms with Crippen molar-refractivity contribution in [1.29, 1.82) is 0 Å². The lowest BCUT2D eigenvalue weighted by molar-refractivity contribution is -0.139. The number of fused-ring (bicyclic) bond motifs is 1. The molecule has 1 aromatic heterocycles. The number of hydrogen-bond donors (Lipinski definition) is 0. The number of amides is 2. The van der Waals surface area contributed by atoms with Crippen molar-refractivity contribution in [3.05, 3.63) is 47.5 Å². The lowest BCUT2D eigenvalue weighted by Crippen LogP contribution is -2.52. The molecule has 3 heterocycles. The molecule has 1 atom stereocenters. The van der Waals surface area contributed by atoms with Crippen molar-refractivity contribution < 1.29 is 14.0 Å². The quantitative estimate of drug-likeness (QED) is 0.738. The van der Waals surface area contributed by atoms with E-state index in [2.05, 4.69) is 10.00 Å². The summed E-state index contributed by atoms with van der Waals surface area (Å²) in [6.45, 7) is 3.56. The molecule has 0 radical (unpaired) electrons. The van der Waals surface area contributed by atoms with Gasteiger partial charge in [0.2, 0.25) is 11.8 Å². The summed E-state index contributed by atoms with van der Waals surface area (Å²) in [5.74, 6) is -0.322. The number of aromatic nitrogens is 2. The third-order valence-electron chi connectivity index (χ3n) is 7.13. The number of carbonyl (C=O) groups is 2. The molecule has 170 valence electrons. The van der Waals surface area contributed by atoms with Gasteiger partial charge in [-0.1, -0.05) is 12.8 Å². The second kappa shape index (κ2) is 8.56. The van der Waals surface area contributed by atoms with Gasteiger partial charge in [0.1, 0.15) is 11.7 Å². The first-order valence-electron chi connectivity index (χ1n) is 11.6. The van der Waals surface area contributed by atoms with Gasteiger partial charge in [-0.25, -0.2) is 4.39 Å². The van der Waals surface area contributed by atoms with Crippen LogP contribution in [0.1, 0.15) is 42.9 Å². The molecule has 0 N–H and O–H groups in total. The van der Waals surface area contributed by atoms with Gasteiger partial charge in [-0.15, -0.1) is 0 Å². The fourth-order valence-corrected chi connectivity index (χ4v) is 5.40. The Hall–Kier alpha value is -2.90. The summed E-state index contributed by atoms with van der Waals surface area (Å²) in [5, 5.41) is 4.60. The molecule has 1 saturated carbocycles.